The lowest BCUT2D eigenvalue weighted by Gasteiger charge is -2.16. The molecule has 0 spiro atoms. The fourth-order valence-corrected chi connectivity index (χ4v) is 2.11. The van der Waals surface area contributed by atoms with Gasteiger partial charge < -0.3 is 9.64 Å². The summed E-state index contributed by atoms with van der Waals surface area (Å²) in [5.74, 6) is 0. The molecular weight excluding hydrogens is 258 g/mol. The average molecular weight is 270 g/mol. The summed E-state index contributed by atoms with van der Waals surface area (Å²) in [7, 11) is 1.75. The van der Waals surface area contributed by atoms with Gasteiger partial charge in [0.25, 0.3) is 0 Å². The summed E-state index contributed by atoms with van der Waals surface area (Å²) >= 11 is 3.41. The predicted octanol–water partition coefficient (Wildman–Crippen LogP) is 2.96. The second-order valence-electron chi connectivity index (χ2n) is 3.71. The van der Waals surface area contributed by atoms with Crippen LogP contribution in [0.15, 0.2) is 28.7 Å². The van der Waals surface area contributed by atoms with E-state index in [1.807, 2.05) is 31.2 Å². The van der Waals surface area contributed by atoms with Crippen molar-refractivity contribution in [3.63, 3.8) is 0 Å². The first kappa shape index (κ1) is 10.5. The predicted molar refractivity (Wildman–Crippen MR) is 60.6 cm³/mol. The van der Waals surface area contributed by atoms with Crippen LogP contribution in [0.4, 0.5) is 4.79 Å². The van der Waals surface area contributed by atoms with Gasteiger partial charge in [-0.2, -0.15) is 0 Å². The van der Waals surface area contributed by atoms with Crippen LogP contribution in [0.2, 0.25) is 0 Å². The number of halogens is 1. The highest BCUT2D eigenvalue weighted by atomic mass is 79.9. The molecule has 1 aliphatic rings. The van der Waals surface area contributed by atoms with Gasteiger partial charge in [0.05, 0.1) is 6.04 Å². The van der Waals surface area contributed by atoms with E-state index in [1.165, 1.54) is 0 Å². The van der Waals surface area contributed by atoms with Gasteiger partial charge in [-0.3, -0.25) is 0 Å². The Morgan fingerprint density at radius 3 is 2.73 bits per heavy atom. The zero-order valence-electron chi connectivity index (χ0n) is 8.61. The Bertz CT molecular complexity index is 394. The average Bonchev–Trinajstić information content (AvgIpc) is 2.46. The van der Waals surface area contributed by atoms with Crippen LogP contribution in [0.25, 0.3) is 0 Å². The first-order valence-corrected chi connectivity index (χ1v) is 5.58. The Morgan fingerprint density at radius 2 is 2.20 bits per heavy atom. The number of amides is 1. The molecule has 4 heteroatoms. The number of ether oxygens (including phenoxy) is 1. The third-order valence-corrected chi connectivity index (χ3v) is 3.24. The molecule has 0 N–H and O–H groups in total. The monoisotopic (exact) mass is 269 g/mol. The molecule has 1 amide bonds. The fraction of sp³-hybridized carbons (Fsp3) is 0.364. The van der Waals surface area contributed by atoms with Crippen molar-refractivity contribution in [2.24, 2.45) is 0 Å². The highest BCUT2D eigenvalue weighted by Gasteiger charge is 2.37. The van der Waals surface area contributed by atoms with Crippen LogP contribution in [0.3, 0.4) is 0 Å². The van der Waals surface area contributed by atoms with Gasteiger partial charge in [-0.05, 0) is 24.6 Å². The Hall–Kier alpha value is -1.03. The minimum absolute atomic E-state index is 0.0757. The SMILES string of the molecule is C[C@H]1[C@H](c2cccc(Br)c2)OC(=O)N1C. The molecule has 80 valence electrons. The van der Waals surface area contributed by atoms with Gasteiger partial charge >= 0.3 is 6.09 Å². The first-order valence-electron chi connectivity index (χ1n) is 4.78. The van der Waals surface area contributed by atoms with Crippen LogP contribution in [0.1, 0.15) is 18.6 Å². The zero-order chi connectivity index (χ0) is 11.0. The van der Waals surface area contributed by atoms with Crippen LogP contribution in [-0.4, -0.2) is 24.1 Å². The second kappa shape index (κ2) is 3.85. The molecule has 15 heavy (non-hydrogen) atoms. The van der Waals surface area contributed by atoms with Crippen molar-refractivity contribution in [3.8, 4) is 0 Å². The van der Waals surface area contributed by atoms with Crippen molar-refractivity contribution >= 4 is 22.0 Å². The van der Waals surface area contributed by atoms with E-state index >= 15 is 0 Å². The van der Waals surface area contributed by atoms with Crippen LogP contribution in [-0.2, 0) is 4.74 Å². The van der Waals surface area contributed by atoms with E-state index in [1.54, 1.807) is 11.9 Å². The number of hydrogen-bond donors (Lipinski definition) is 0. The number of rotatable bonds is 1. The van der Waals surface area contributed by atoms with Gasteiger partial charge in [0.2, 0.25) is 0 Å². The van der Waals surface area contributed by atoms with E-state index in [2.05, 4.69) is 15.9 Å². The van der Waals surface area contributed by atoms with Gasteiger partial charge in [-0.1, -0.05) is 28.1 Å². The summed E-state index contributed by atoms with van der Waals surface area (Å²) in [6, 6.07) is 7.92. The van der Waals surface area contributed by atoms with E-state index in [-0.39, 0.29) is 18.2 Å². The van der Waals surface area contributed by atoms with Crippen molar-refractivity contribution in [3.05, 3.63) is 34.3 Å². The molecule has 2 atom stereocenters. The van der Waals surface area contributed by atoms with Crippen molar-refractivity contribution in [1.82, 2.24) is 4.90 Å². The maximum atomic E-state index is 11.3. The highest BCUT2D eigenvalue weighted by molar-refractivity contribution is 9.10. The fourth-order valence-electron chi connectivity index (χ4n) is 1.69. The van der Waals surface area contributed by atoms with Crippen molar-refractivity contribution in [1.29, 1.82) is 0 Å². The molecule has 1 aromatic carbocycles. The molecule has 0 aromatic heterocycles. The summed E-state index contributed by atoms with van der Waals surface area (Å²) < 4.78 is 6.29. The largest absolute Gasteiger partial charge is 0.439 e. The van der Waals surface area contributed by atoms with Gasteiger partial charge in [0, 0.05) is 11.5 Å². The van der Waals surface area contributed by atoms with Crippen molar-refractivity contribution in [2.75, 3.05) is 7.05 Å². The summed E-state index contributed by atoms with van der Waals surface area (Å²) in [5, 5.41) is 0. The van der Waals surface area contributed by atoms with Crippen molar-refractivity contribution in [2.45, 2.75) is 19.1 Å². The maximum absolute atomic E-state index is 11.3. The number of carbonyl (C=O) groups excluding carboxylic acids is 1. The molecule has 1 heterocycles. The zero-order valence-corrected chi connectivity index (χ0v) is 10.2. The second-order valence-corrected chi connectivity index (χ2v) is 4.63. The number of likely N-dealkylation sites (N-methyl/N-ethyl adjacent to an activating group) is 1. The van der Waals surface area contributed by atoms with E-state index in [0.29, 0.717) is 0 Å². The molecule has 0 radical (unpaired) electrons. The number of benzene rings is 1. The van der Waals surface area contributed by atoms with E-state index in [0.717, 1.165) is 10.0 Å². The maximum Gasteiger partial charge on any atom is 0.410 e. The smallest absolute Gasteiger partial charge is 0.410 e. The molecule has 0 unspecified atom stereocenters. The molecule has 1 fully saturated rings. The Morgan fingerprint density at radius 1 is 1.47 bits per heavy atom. The number of cyclic esters (lactones) is 1. The van der Waals surface area contributed by atoms with Crippen molar-refractivity contribution < 1.29 is 9.53 Å². The standard InChI is InChI=1S/C11H12BrNO2/c1-7-10(15-11(14)13(7)2)8-4-3-5-9(12)6-8/h3-7,10H,1-2H3/t7-,10+/m0/s1. The molecule has 1 aliphatic heterocycles. The molecule has 0 aliphatic carbocycles. The molecule has 1 aromatic rings. The molecule has 1 saturated heterocycles. The normalized spacial score (nSPS) is 25.5. The van der Waals surface area contributed by atoms with E-state index in [9.17, 15) is 4.79 Å². The van der Waals surface area contributed by atoms with Gasteiger partial charge in [-0.15, -0.1) is 0 Å². The lowest BCUT2D eigenvalue weighted by Crippen LogP contribution is -2.27. The highest BCUT2D eigenvalue weighted by Crippen LogP contribution is 2.32. The minimum atomic E-state index is -0.257. The molecule has 0 bridgehead atoms. The molecular formula is C11H12BrNO2. The van der Waals surface area contributed by atoms with Gasteiger partial charge in [0.1, 0.15) is 6.10 Å². The third kappa shape index (κ3) is 1.86. The molecule has 3 nitrogen and oxygen atoms in total. The summed E-state index contributed by atoms with van der Waals surface area (Å²) in [5.41, 5.74) is 1.02. The van der Waals surface area contributed by atoms with E-state index in [4.69, 9.17) is 4.74 Å². The number of nitrogens with zero attached hydrogens (tertiary/aromatic N) is 1. The Balaban J connectivity index is 2.29. The molecule has 0 saturated carbocycles. The summed E-state index contributed by atoms with van der Waals surface area (Å²) in [6.07, 6.45) is -0.424. The van der Waals surface area contributed by atoms with Gasteiger partial charge in [0.15, 0.2) is 0 Å². The minimum Gasteiger partial charge on any atom is -0.439 e. The number of carbonyl (C=O) groups is 1. The number of hydrogen-bond acceptors (Lipinski definition) is 2. The Labute approximate surface area is 97.2 Å². The van der Waals surface area contributed by atoms with Crippen LogP contribution in [0, 0.1) is 0 Å². The lowest BCUT2D eigenvalue weighted by atomic mass is 10.0. The third-order valence-electron chi connectivity index (χ3n) is 2.74. The Kier molecular flexibility index (Phi) is 2.69. The first-order chi connectivity index (χ1) is 7.09. The van der Waals surface area contributed by atoms with Crippen LogP contribution >= 0.6 is 15.9 Å². The van der Waals surface area contributed by atoms with Gasteiger partial charge in [-0.25, -0.2) is 4.79 Å². The summed E-state index contributed by atoms with van der Waals surface area (Å²) in [4.78, 5) is 13.0. The molecule has 2 rings (SSSR count). The van der Waals surface area contributed by atoms with E-state index < -0.39 is 0 Å². The quantitative estimate of drug-likeness (QED) is 0.785. The van der Waals surface area contributed by atoms with Crippen LogP contribution in [0.5, 0.6) is 0 Å². The topological polar surface area (TPSA) is 29.5 Å². The summed E-state index contributed by atoms with van der Waals surface area (Å²) in [6.45, 7) is 1.98. The lowest BCUT2D eigenvalue weighted by molar-refractivity contribution is 0.131. The van der Waals surface area contributed by atoms with Crippen LogP contribution < -0.4 is 0 Å².